The van der Waals surface area contributed by atoms with Crippen LogP contribution in [0.5, 0.6) is 0 Å². The first-order valence-electron chi connectivity index (χ1n) is 8.22. The molecule has 1 heterocycles. The number of likely N-dealkylation sites (tertiary alicyclic amines) is 1. The van der Waals surface area contributed by atoms with Crippen LogP contribution in [-0.4, -0.2) is 35.5 Å². The Bertz CT molecular complexity index is 502. The Labute approximate surface area is 134 Å². The Balaban J connectivity index is 1.97. The molecule has 0 aromatic heterocycles. The summed E-state index contributed by atoms with van der Waals surface area (Å²) in [6.07, 6.45) is 2.10. The zero-order valence-electron chi connectivity index (χ0n) is 14.2. The molecule has 1 amide bonds. The molecule has 0 bridgehead atoms. The Morgan fingerprint density at radius 1 is 1.32 bits per heavy atom. The standard InChI is InChI=1S/C18H29N3O/c1-13(2)14-7-9-15(10-8-14)20-16-6-5-11-21(12-16)17(22)18(3,4)19/h7-10,13,16,20H,5-6,11-12,19H2,1-4H3/t16-/m0/s1. The third kappa shape index (κ3) is 4.23. The van der Waals surface area contributed by atoms with E-state index in [1.807, 2.05) is 4.90 Å². The number of nitrogens with zero attached hydrogens (tertiary/aromatic N) is 1. The number of carbonyl (C=O) groups is 1. The summed E-state index contributed by atoms with van der Waals surface area (Å²) in [6, 6.07) is 8.89. The van der Waals surface area contributed by atoms with E-state index in [9.17, 15) is 4.79 Å². The molecule has 1 fully saturated rings. The van der Waals surface area contributed by atoms with Crippen molar-refractivity contribution in [2.45, 2.75) is 58.0 Å². The molecule has 1 aromatic carbocycles. The van der Waals surface area contributed by atoms with E-state index in [0.29, 0.717) is 12.0 Å². The average molecular weight is 303 g/mol. The van der Waals surface area contributed by atoms with Gasteiger partial charge < -0.3 is 16.0 Å². The highest BCUT2D eigenvalue weighted by molar-refractivity contribution is 5.85. The van der Waals surface area contributed by atoms with E-state index in [1.54, 1.807) is 13.8 Å². The maximum absolute atomic E-state index is 12.3. The van der Waals surface area contributed by atoms with E-state index in [2.05, 4.69) is 43.4 Å². The lowest BCUT2D eigenvalue weighted by Gasteiger charge is -2.37. The molecule has 4 heteroatoms. The van der Waals surface area contributed by atoms with E-state index in [-0.39, 0.29) is 5.91 Å². The van der Waals surface area contributed by atoms with Crippen molar-refractivity contribution in [3.63, 3.8) is 0 Å². The van der Waals surface area contributed by atoms with Gasteiger partial charge in [0.05, 0.1) is 5.54 Å². The van der Waals surface area contributed by atoms with Gasteiger partial charge in [0.1, 0.15) is 0 Å². The van der Waals surface area contributed by atoms with Crippen molar-refractivity contribution < 1.29 is 4.79 Å². The predicted molar refractivity (Wildman–Crippen MR) is 92.0 cm³/mol. The third-order valence-corrected chi connectivity index (χ3v) is 4.21. The minimum Gasteiger partial charge on any atom is -0.381 e. The monoisotopic (exact) mass is 303 g/mol. The zero-order valence-corrected chi connectivity index (χ0v) is 14.2. The third-order valence-electron chi connectivity index (χ3n) is 4.21. The first-order valence-corrected chi connectivity index (χ1v) is 8.22. The van der Waals surface area contributed by atoms with Crippen LogP contribution in [0.3, 0.4) is 0 Å². The van der Waals surface area contributed by atoms with E-state index in [4.69, 9.17) is 5.73 Å². The summed E-state index contributed by atoms with van der Waals surface area (Å²) < 4.78 is 0. The number of amides is 1. The number of hydrogen-bond donors (Lipinski definition) is 2. The number of carbonyl (C=O) groups excluding carboxylic acids is 1. The first kappa shape index (κ1) is 16.8. The zero-order chi connectivity index (χ0) is 16.3. The minimum atomic E-state index is -0.791. The lowest BCUT2D eigenvalue weighted by molar-refractivity contribution is -0.136. The second-order valence-electron chi connectivity index (χ2n) is 7.23. The molecular weight excluding hydrogens is 274 g/mol. The highest BCUT2D eigenvalue weighted by atomic mass is 16.2. The van der Waals surface area contributed by atoms with Crippen LogP contribution in [-0.2, 0) is 4.79 Å². The van der Waals surface area contributed by atoms with Gasteiger partial charge in [-0.1, -0.05) is 26.0 Å². The van der Waals surface area contributed by atoms with Crippen LogP contribution >= 0.6 is 0 Å². The lowest BCUT2D eigenvalue weighted by Crippen LogP contribution is -2.55. The molecule has 1 aliphatic heterocycles. The van der Waals surface area contributed by atoms with Crippen LogP contribution in [0.1, 0.15) is 52.0 Å². The fourth-order valence-corrected chi connectivity index (χ4v) is 2.89. The molecule has 22 heavy (non-hydrogen) atoms. The van der Waals surface area contributed by atoms with Crippen molar-refractivity contribution in [3.05, 3.63) is 29.8 Å². The molecule has 0 aliphatic carbocycles. The Kier molecular flexibility index (Phi) is 5.12. The Morgan fingerprint density at radius 2 is 1.95 bits per heavy atom. The summed E-state index contributed by atoms with van der Waals surface area (Å²) in [5, 5.41) is 3.55. The van der Waals surface area contributed by atoms with Crippen molar-refractivity contribution in [1.82, 2.24) is 4.90 Å². The molecule has 0 radical (unpaired) electrons. The lowest BCUT2D eigenvalue weighted by atomic mass is 9.99. The first-order chi connectivity index (χ1) is 10.3. The van der Waals surface area contributed by atoms with Crippen molar-refractivity contribution in [2.24, 2.45) is 5.73 Å². The number of anilines is 1. The molecule has 3 N–H and O–H groups in total. The maximum Gasteiger partial charge on any atom is 0.242 e. The topological polar surface area (TPSA) is 58.4 Å². The minimum absolute atomic E-state index is 0.0363. The summed E-state index contributed by atoms with van der Waals surface area (Å²) in [4.78, 5) is 14.2. The van der Waals surface area contributed by atoms with Gasteiger partial charge in [0.15, 0.2) is 0 Å². The number of rotatable bonds is 4. The SMILES string of the molecule is CC(C)c1ccc(N[C@H]2CCCN(C(=O)C(C)(C)N)C2)cc1. The van der Waals surface area contributed by atoms with Gasteiger partial charge >= 0.3 is 0 Å². The average Bonchev–Trinajstić information content (AvgIpc) is 2.46. The quantitative estimate of drug-likeness (QED) is 0.899. The van der Waals surface area contributed by atoms with E-state index in [0.717, 1.165) is 31.6 Å². The number of nitrogens with two attached hydrogens (primary N) is 1. The normalized spacial score (nSPS) is 19.4. The van der Waals surface area contributed by atoms with Gasteiger partial charge in [-0.2, -0.15) is 0 Å². The van der Waals surface area contributed by atoms with Gasteiger partial charge in [-0.15, -0.1) is 0 Å². The van der Waals surface area contributed by atoms with E-state index in [1.165, 1.54) is 5.56 Å². The van der Waals surface area contributed by atoms with Gasteiger partial charge in [-0.3, -0.25) is 4.79 Å². The fraction of sp³-hybridized carbons (Fsp3) is 0.611. The second-order valence-corrected chi connectivity index (χ2v) is 7.23. The van der Waals surface area contributed by atoms with Crippen molar-refractivity contribution >= 4 is 11.6 Å². The van der Waals surface area contributed by atoms with Crippen LogP contribution in [0.25, 0.3) is 0 Å². The van der Waals surface area contributed by atoms with Crippen LogP contribution in [0.2, 0.25) is 0 Å². The van der Waals surface area contributed by atoms with Crippen LogP contribution in [0.15, 0.2) is 24.3 Å². The van der Waals surface area contributed by atoms with Gasteiger partial charge in [-0.25, -0.2) is 0 Å². The van der Waals surface area contributed by atoms with Crippen LogP contribution in [0, 0.1) is 0 Å². The summed E-state index contributed by atoms with van der Waals surface area (Å²) >= 11 is 0. The molecule has 2 rings (SSSR count). The van der Waals surface area contributed by atoms with Crippen molar-refractivity contribution in [3.8, 4) is 0 Å². The summed E-state index contributed by atoms with van der Waals surface area (Å²) in [5.41, 5.74) is 7.61. The number of nitrogens with one attached hydrogen (secondary N) is 1. The van der Waals surface area contributed by atoms with Gasteiger partial charge in [0, 0.05) is 24.8 Å². The predicted octanol–water partition coefficient (Wildman–Crippen LogP) is 2.95. The Morgan fingerprint density at radius 3 is 2.50 bits per heavy atom. The van der Waals surface area contributed by atoms with Crippen LogP contribution in [0.4, 0.5) is 5.69 Å². The maximum atomic E-state index is 12.3. The number of hydrogen-bond acceptors (Lipinski definition) is 3. The molecule has 1 saturated heterocycles. The summed E-state index contributed by atoms with van der Waals surface area (Å²) in [5.74, 6) is 0.581. The largest absolute Gasteiger partial charge is 0.381 e. The molecule has 1 aliphatic rings. The molecule has 0 spiro atoms. The van der Waals surface area contributed by atoms with Gasteiger partial charge in [0.2, 0.25) is 5.91 Å². The van der Waals surface area contributed by atoms with Gasteiger partial charge in [0.25, 0.3) is 0 Å². The van der Waals surface area contributed by atoms with Crippen molar-refractivity contribution in [2.75, 3.05) is 18.4 Å². The summed E-state index contributed by atoms with van der Waals surface area (Å²) in [7, 11) is 0. The van der Waals surface area contributed by atoms with E-state index < -0.39 is 5.54 Å². The molecule has 1 aromatic rings. The van der Waals surface area contributed by atoms with Crippen LogP contribution < -0.4 is 11.1 Å². The van der Waals surface area contributed by atoms with E-state index >= 15 is 0 Å². The smallest absolute Gasteiger partial charge is 0.242 e. The molecule has 4 nitrogen and oxygen atoms in total. The van der Waals surface area contributed by atoms with Crippen molar-refractivity contribution in [1.29, 1.82) is 0 Å². The molecule has 0 saturated carbocycles. The molecule has 122 valence electrons. The molecular formula is C18H29N3O. The summed E-state index contributed by atoms with van der Waals surface area (Å²) in [6.45, 7) is 9.48. The fourth-order valence-electron chi connectivity index (χ4n) is 2.89. The Hall–Kier alpha value is -1.55. The highest BCUT2D eigenvalue weighted by Gasteiger charge is 2.31. The highest BCUT2D eigenvalue weighted by Crippen LogP contribution is 2.21. The van der Waals surface area contributed by atoms with Gasteiger partial charge in [-0.05, 0) is 50.3 Å². The number of piperidine rings is 1. The number of benzene rings is 1. The molecule has 1 atom stereocenters. The second kappa shape index (κ2) is 6.69. The molecule has 0 unspecified atom stereocenters.